The summed E-state index contributed by atoms with van der Waals surface area (Å²) < 4.78 is 5.58. The van der Waals surface area contributed by atoms with E-state index in [0.717, 1.165) is 5.56 Å². The molecule has 6 heteroatoms. The molecule has 1 unspecified atom stereocenters. The van der Waals surface area contributed by atoms with E-state index >= 15 is 0 Å². The highest BCUT2D eigenvalue weighted by Gasteiger charge is 2.13. The van der Waals surface area contributed by atoms with E-state index < -0.39 is 0 Å². The molecule has 0 aliphatic heterocycles. The monoisotopic (exact) mass is 272 g/mol. The van der Waals surface area contributed by atoms with Crippen LogP contribution in [-0.4, -0.2) is 39.9 Å². The average Bonchev–Trinajstić information content (AvgIpc) is 2.94. The number of nitriles is 1. The third-order valence-corrected chi connectivity index (χ3v) is 3.13. The SMILES string of the molecule is CC(CO)N(C)Cc1nnc(-c2ccc(C#N)cc2)o1. The number of benzene rings is 1. The number of hydrogen-bond donors (Lipinski definition) is 1. The lowest BCUT2D eigenvalue weighted by Crippen LogP contribution is -2.31. The van der Waals surface area contributed by atoms with Crippen molar-refractivity contribution >= 4 is 0 Å². The number of rotatable bonds is 5. The van der Waals surface area contributed by atoms with Crippen LogP contribution < -0.4 is 0 Å². The molecular weight excluding hydrogens is 256 g/mol. The van der Waals surface area contributed by atoms with Gasteiger partial charge in [0, 0.05) is 11.6 Å². The first-order valence-corrected chi connectivity index (χ1v) is 6.28. The van der Waals surface area contributed by atoms with Crippen molar-refractivity contribution < 1.29 is 9.52 Å². The van der Waals surface area contributed by atoms with Gasteiger partial charge in [-0.1, -0.05) is 0 Å². The molecule has 1 heterocycles. The van der Waals surface area contributed by atoms with Crippen LogP contribution in [0.4, 0.5) is 0 Å². The molecule has 1 aromatic carbocycles. The van der Waals surface area contributed by atoms with Gasteiger partial charge in [-0.05, 0) is 38.2 Å². The Hall–Kier alpha value is -2.23. The van der Waals surface area contributed by atoms with Gasteiger partial charge in [-0.3, -0.25) is 4.90 Å². The summed E-state index contributed by atoms with van der Waals surface area (Å²) in [6.45, 7) is 2.47. The van der Waals surface area contributed by atoms with Gasteiger partial charge in [0.25, 0.3) is 0 Å². The van der Waals surface area contributed by atoms with E-state index in [4.69, 9.17) is 14.8 Å². The Kier molecular flexibility index (Phi) is 4.45. The van der Waals surface area contributed by atoms with Crippen molar-refractivity contribution in [3.8, 4) is 17.5 Å². The zero-order valence-corrected chi connectivity index (χ0v) is 11.4. The van der Waals surface area contributed by atoms with Crippen molar-refractivity contribution in [1.82, 2.24) is 15.1 Å². The molecule has 1 aromatic heterocycles. The highest BCUT2D eigenvalue weighted by Crippen LogP contribution is 2.18. The van der Waals surface area contributed by atoms with Gasteiger partial charge in [-0.25, -0.2) is 0 Å². The van der Waals surface area contributed by atoms with Gasteiger partial charge >= 0.3 is 0 Å². The maximum Gasteiger partial charge on any atom is 0.247 e. The van der Waals surface area contributed by atoms with Crippen molar-refractivity contribution in [2.24, 2.45) is 0 Å². The highest BCUT2D eigenvalue weighted by molar-refractivity contribution is 5.54. The molecule has 104 valence electrons. The second-order valence-corrected chi connectivity index (χ2v) is 4.64. The molecule has 0 aliphatic carbocycles. The van der Waals surface area contributed by atoms with Crippen LogP contribution in [0.1, 0.15) is 18.4 Å². The molecule has 0 saturated carbocycles. The first-order valence-electron chi connectivity index (χ1n) is 6.28. The van der Waals surface area contributed by atoms with Crippen LogP contribution in [0.5, 0.6) is 0 Å². The lowest BCUT2D eigenvalue weighted by atomic mass is 10.1. The minimum Gasteiger partial charge on any atom is -0.419 e. The van der Waals surface area contributed by atoms with E-state index in [0.29, 0.717) is 23.9 Å². The molecule has 1 N–H and O–H groups in total. The maximum absolute atomic E-state index is 9.08. The molecule has 0 amide bonds. The molecule has 6 nitrogen and oxygen atoms in total. The third-order valence-electron chi connectivity index (χ3n) is 3.13. The lowest BCUT2D eigenvalue weighted by Gasteiger charge is -2.20. The van der Waals surface area contributed by atoms with Crippen LogP contribution in [0.3, 0.4) is 0 Å². The summed E-state index contributed by atoms with van der Waals surface area (Å²) in [7, 11) is 1.88. The largest absolute Gasteiger partial charge is 0.419 e. The molecule has 0 spiro atoms. The third kappa shape index (κ3) is 3.20. The number of aliphatic hydroxyl groups is 1. The molecule has 0 aliphatic rings. The van der Waals surface area contributed by atoms with Crippen LogP contribution in [0.2, 0.25) is 0 Å². The van der Waals surface area contributed by atoms with Crippen molar-refractivity contribution in [3.63, 3.8) is 0 Å². The van der Waals surface area contributed by atoms with Crippen molar-refractivity contribution in [2.75, 3.05) is 13.7 Å². The van der Waals surface area contributed by atoms with E-state index in [1.54, 1.807) is 24.3 Å². The maximum atomic E-state index is 9.08. The quantitative estimate of drug-likeness (QED) is 0.885. The van der Waals surface area contributed by atoms with Gasteiger partial charge in [-0.15, -0.1) is 10.2 Å². The van der Waals surface area contributed by atoms with Gasteiger partial charge < -0.3 is 9.52 Å². The molecule has 2 rings (SSSR count). The Labute approximate surface area is 117 Å². The predicted molar refractivity (Wildman–Crippen MR) is 72.5 cm³/mol. The van der Waals surface area contributed by atoms with E-state index in [1.807, 2.05) is 18.9 Å². The van der Waals surface area contributed by atoms with E-state index in [-0.39, 0.29) is 12.6 Å². The average molecular weight is 272 g/mol. The fourth-order valence-electron chi connectivity index (χ4n) is 1.63. The topological polar surface area (TPSA) is 86.2 Å². The zero-order valence-electron chi connectivity index (χ0n) is 11.4. The fraction of sp³-hybridized carbons (Fsp3) is 0.357. The second kappa shape index (κ2) is 6.28. The Bertz CT molecular complexity index is 600. The van der Waals surface area contributed by atoms with Crippen LogP contribution in [0.15, 0.2) is 28.7 Å². The lowest BCUT2D eigenvalue weighted by molar-refractivity contribution is 0.145. The van der Waals surface area contributed by atoms with E-state index in [9.17, 15) is 0 Å². The summed E-state index contributed by atoms with van der Waals surface area (Å²) >= 11 is 0. The number of hydrogen-bond acceptors (Lipinski definition) is 6. The molecule has 0 saturated heterocycles. The standard InChI is InChI=1S/C14H16N4O2/c1-10(9-19)18(2)8-13-16-17-14(20-13)12-5-3-11(7-15)4-6-12/h3-6,10,19H,8-9H2,1-2H3. The van der Waals surface area contributed by atoms with Gasteiger partial charge in [0.2, 0.25) is 11.8 Å². The first-order chi connectivity index (χ1) is 9.63. The zero-order chi connectivity index (χ0) is 14.5. The Morgan fingerprint density at radius 3 is 2.65 bits per heavy atom. The number of likely N-dealkylation sites (N-methyl/N-ethyl adjacent to an activating group) is 1. The molecule has 20 heavy (non-hydrogen) atoms. The Morgan fingerprint density at radius 1 is 1.35 bits per heavy atom. The fourth-order valence-corrected chi connectivity index (χ4v) is 1.63. The molecule has 1 atom stereocenters. The van der Waals surface area contributed by atoms with Crippen molar-refractivity contribution in [1.29, 1.82) is 5.26 Å². The van der Waals surface area contributed by atoms with E-state index in [2.05, 4.69) is 16.3 Å². The van der Waals surface area contributed by atoms with Crippen molar-refractivity contribution in [3.05, 3.63) is 35.7 Å². The molecule has 0 radical (unpaired) electrons. The number of aromatic nitrogens is 2. The molecular formula is C14H16N4O2. The minimum atomic E-state index is 0.0280. The van der Waals surface area contributed by atoms with Gasteiger partial charge in [0.1, 0.15) is 0 Å². The summed E-state index contributed by atoms with van der Waals surface area (Å²) in [5, 5.41) is 25.8. The minimum absolute atomic E-state index is 0.0280. The summed E-state index contributed by atoms with van der Waals surface area (Å²) in [4.78, 5) is 1.93. The molecule has 0 bridgehead atoms. The molecule has 2 aromatic rings. The summed E-state index contributed by atoms with van der Waals surface area (Å²) in [6, 6.07) is 9.05. The Balaban J connectivity index is 2.10. The highest BCUT2D eigenvalue weighted by atomic mass is 16.4. The van der Waals surface area contributed by atoms with Crippen LogP contribution in [0.25, 0.3) is 11.5 Å². The predicted octanol–water partition coefficient (Wildman–Crippen LogP) is 1.42. The summed E-state index contributed by atoms with van der Waals surface area (Å²) in [5.41, 5.74) is 1.37. The Morgan fingerprint density at radius 2 is 2.05 bits per heavy atom. The number of aliphatic hydroxyl groups excluding tert-OH is 1. The second-order valence-electron chi connectivity index (χ2n) is 4.64. The smallest absolute Gasteiger partial charge is 0.247 e. The van der Waals surface area contributed by atoms with Crippen LogP contribution >= 0.6 is 0 Å². The normalized spacial score (nSPS) is 12.3. The van der Waals surface area contributed by atoms with Gasteiger partial charge in [0.15, 0.2) is 0 Å². The summed E-state index contributed by atoms with van der Waals surface area (Å²) in [5.74, 6) is 0.918. The molecule has 0 fully saturated rings. The van der Waals surface area contributed by atoms with Crippen molar-refractivity contribution in [2.45, 2.75) is 19.5 Å². The van der Waals surface area contributed by atoms with Gasteiger partial charge in [0.05, 0.1) is 24.8 Å². The summed E-state index contributed by atoms with van der Waals surface area (Å²) in [6.07, 6.45) is 0. The first kappa shape index (κ1) is 14.2. The van der Waals surface area contributed by atoms with Crippen LogP contribution in [-0.2, 0) is 6.54 Å². The van der Waals surface area contributed by atoms with Crippen LogP contribution in [0, 0.1) is 11.3 Å². The number of nitrogens with zero attached hydrogens (tertiary/aromatic N) is 4. The van der Waals surface area contributed by atoms with Gasteiger partial charge in [-0.2, -0.15) is 5.26 Å². The van der Waals surface area contributed by atoms with E-state index in [1.165, 1.54) is 0 Å².